The summed E-state index contributed by atoms with van der Waals surface area (Å²) in [5.41, 5.74) is 3.15. The van der Waals surface area contributed by atoms with Gasteiger partial charge >= 0.3 is 0 Å². The van der Waals surface area contributed by atoms with Crippen molar-refractivity contribution in [2.75, 3.05) is 5.32 Å². The number of nitrogens with one attached hydrogen (secondary N) is 1. The van der Waals surface area contributed by atoms with Crippen LogP contribution in [-0.2, 0) is 0 Å². The molecule has 0 aliphatic heterocycles. The normalized spacial score (nSPS) is 11.0. The predicted molar refractivity (Wildman–Crippen MR) is 97.6 cm³/mol. The Morgan fingerprint density at radius 3 is 2.48 bits per heavy atom. The van der Waals surface area contributed by atoms with E-state index in [1.807, 2.05) is 41.8 Å². The van der Waals surface area contributed by atoms with Crippen molar-refractivity contribution < 1.29 is 9.18 Å². The summed E-state index contributed by atoms with van der Waals surface area (Å²) in [7, 11) is 0. The zero-order valence-corrected chi connectivity index (χ0v) is 14.2. The van der Waals surface area contributed by atoms with Crippen LogP contribution in [0.4, 0.5) is 10.1 Å². The molecule has 0 aliphatic rings. The molecule has 6 heteroatoms. The molecule has 2 aromatic carbocycles. The lowest BCUT2D eigenvalue weighted by molar-refractivity contribution is 0.102. The van der Waals surface area contributed by atoms with E-state index in [1.54, 1.807) is 18.3 Å². The molecule has 4 nitrogen and oxygen atoms in total. The van der Waals surface area contributed by atoms with Gasteiger partial charge in [0.1, 0.15) is 11.5 Å². The third-order valence-corrected chi connectivity index (χ3v) is 4.87. The van der Waals surface area contributed by atoms with Gasteiger partial charge in [0.15, 0.2) is 4.96 Å². The van der Waals surface area contributed by atoms with Gasteiger partial charge in [-0.15, -0.1) is 0 Å². The number of imidazole rings is 1. The maximum absolute atomic E-state index is 13.0. The molecule has 2 aromatic heterocycles. The van der Waals surface area contributed by atoms with E-state index in [-0.39, 0.29) is 11.7 Å². The van der Waals surface area contributed by atoms with E-state index >= 15 is 0 Å². The number of fused-ring (bicyclic) bond motifs is 1. The summed E-state index contributed by atoms with van der Waals surface area (Å²) in [6.07, 6.45) is 3.59. The van der Waals surface area contributed by atoms with Gasteiger partial charge in [-0.05, 0) is 36.8 Å². The minimum atomic E-state index is -0.264. The Kier molecular flexibility index (Phi) is 3.82. The van der Waals surface area contributed by atoms with Crippen molar-refractivity contribution in [3.05, 3.63) is 78.0 Å². The molecule has 0 bridgehead atoms. The average Bonchev–Trinajstić information content (AvgIpc) is 3.16. The molecule has 2 heterocycles. The van der Waals surface area contributed by atoms with E-state index < -0.39 is 0 Å². The van der Waals surface area contributed by atoms with Gasteiger partial charge in [0, 0.05) is 18.1 Å². The van der Waals surface area contributed by atoms with Crippen molar-refractivity contribution in [3.63, 3.8) is 0 Å². The number of aryl methyl sites for hydroxylation is 1. The van der Waals surface area contributed by atoms with Crippen molar-refractivity contribution in [3.8, 4) is 10.4 Å². The second-order valence-electron chi connectivity index (χ2n) is 5.74. The molecule has 25 heavy (non-hydrogen) atoms. The Hall–Kier alpha value is -2.99. The van der Waals surface area contributed by atoms with E-state index in [9.17, 15) is 9.18 Å². The van der Waals surface area contributed by atoms with Gasteiger partial charge in [-0.1, -0.05) is 41.2 Å². The highest BCUT2D eigenvalue weighted by molar-refractivity contribution is 7.20. The summed E-state index contributed by atoms with van der Waals surface area (Å²) < 4.78 is 14.8. The van der Waals surface area contributed by atoms with Crippen LogP contribution >= 0.6 is 11.3 Å². The molecule has 1 amide bonds. The molecule has 1 N–H and O–H groups in total. The van der Waals surface area contributed by atoms with Crippen LogP contribution in [0.25, 0.3) is 15.4 Å². The summed E-state index contributed by atoms with van der Waals surface area (Å²) in [4.78, 5) is 18.4. The lowest BCUT2D eigenvalue weighted by Gasteiger charge is -2.03. The molecule has 4 aromatic rings. The number of benzene rings is 2. The highest BCUT2D eigenvalue weighted by Gasteiger charge is 2.14. The number of carbonyl (C=O) groups is 1. The summed E-state index contributed by atoms with van der Waals surface area (Å²) in [5.74, 6) is -0.511. The quantitative estimate of drug-likeness (QED) is 0.578. The molecule has 0 aliphatic carbocycles. The van der Waals surface area contributed by atoms with Crippen LogP contribution in [0.3, 0.4) is 0 Å². The molecule has 0 unspecified atom stereocenters. The smallest absolute Gasteiger partial charge is 0.275 e. The van der Waals surface area contributed by atoms with E-state index in [0.29, 0.717) is 10.7 Å². The Morgan fingerprint density at radius 2 is 1.80 bits per heavy atom. The molecule has 0 fully saturated rings. The van der Waals surface area contributed by atoms with Crippen LogP contribution in [0.5, 0.6) is 0 Å². The van der Waals surface area contributed by atoms with Crippen molar-refractivity contribution in [1.29, 1.82) is 0 Å². The largest absolute Gasteiger partial charge is 0.321 e. The minimum absolute atomic E-state index is 0.247. The van der Waals surface area contributed by atoms with E-state index in [2.05, 4.69) is 10.3 Å². The third kappa shape index (κ3) is 3.16. The monoisotopic (exact) mass is 351 g/mol. The summed E-state index contributed by atoms with van der Waals surface area (Å²) in [5, 5.41) is 2.84. The predicted octanol–water partition coefficient (Wildman–Crippen LogP) is 4.76. The van der Waals surface area contributed by atoms with Crippen LogP contribution in [0.15, 0.2) is 60.9 Å². The number of anilines is 1. The van der Waals surface area contributed by atoms with Crippen molar-refractivity contribution in [1.82, 2.24) is 9.38 Å². The van der Waals surface area contributed by atoms with Gasteiger partial charge in [-0.25, -0.2) is 9.37 Å². The fourth-order valence-corrected chi connectivity index (χ4v) is 3.46. The van der Waals surface area contributed by atoms with Gasteiger partial charge in [0.05, 0.1) is 4.88 Å². The van der Waals surface area contributed by atoms with Crippen LogP contribution in [0, 0.1) is 12.7 Å². The fraction of sp³-hybridized carbons (Fsp3) is 0.0526. The number of hydrogen-bond acceptors (Lipinski definition) is 3. The highest BCUT2D eigenvalue weighted by Crippen LogP contribution is 2.28. The van der Waals surface area contributed by atoms with Crippen molar-refractivity contribution in [2.24, 2.45) is 0 Å². The van der Waals surface area contributed by atoms with Crippen molar-refractivity contribution >= 4 is 27.9 Å². The zero-order chi connectivity index (χ0) is 17.4. The highest BCUT2D eigenvalue weighted by atomic mass is 32.1. The van der Waals surface area contributed by atoms with Crippen LogP contribution in [-0.4, -0.2) is 15.3 Å². The second-order valence-corrected chi connectivity index (χ2v) is 6.75. The number of nitrogens with zero attached hydrogens (tertiary/aromatic N) is 2. The number of amides is 1. The Labute approximate surface area is 147 Å². The number of carbonyl (C=O) groups excluding carboxylic acids is 1. The zero-order valence-electron chi connectivity index (χ0n) is 13.4. The topological polar surface area (TPSA) is 46.4 Å². The molecule has 0 atom stereocenters. The van der Waals surface area contributed by atoms with Crippen molar-refractivity contribution in [2.45, 2.75) is 6.92 Å². The van der Waals surface area contributed by atoms with Gasteiger partial charge in [0.25, 0.3) is 5.91 Å². The van der Waals surface area contributed by atoms with Gasteiger partial charge < -0.3 is 5.32 Å². The average molecular weight is 351 g/mol. The maximum Gasteiger partial charge on any atom is 0.275 e. The molecule has 0 saturated heterocycles. The molecule has 0 saturated carbocycles. The molecule has 0 spiro atoms. The van der Waals surface area contributed by atoms with Gasteiger partial charge in [-0.2, -0.15) is 0 Å². The number of thiazole rings is 1. The first-order chi connectivity index (χ1) is 12.1. The Bertz CT molecular complexity index is 1020. The van der Waals surface area contributed by atoms with Gasteiger partial charge in [0.2, 0.25) is 0 Å². The Balaban J connectivity index is 1.57. The molecule has 0 radical (unpaired) electrons. The van der Waals surface area contributed by atoms with Crippen LogP contribution < -0.4 is 5.32 Å². The van der Waals surface area contributed by atoms with E-state index in [0.717, 1.165) is 21.7 Å². The number of halogens is 1. The number of rotatable bonds is 3. The third-order valence-electron chi connectivity index (χ3n) is 3.83. The number of aromatic nitrogens is 2. The Morgan fingerprint density at radius 1 is 1.08 bits per heavy atom. The van der Waals surface area contributed by atoms with E-state index in [1.165, 1.54) is 23.5 Å². The molecular weight excluding hydrogens is 337 g/mol. The fourth-order valence-electron chi connectivity index (χ4n) is 2.48. The molecule has 4 rings (SSSR count). The SMILES string of the molecule is Cc1ccc(NC(=O)c2cn3cc(-c4ccc(F)cc4)sc3n2)cc1. The second kappa shape index (κ2) is 6.14. The lowest BCUT2D eigenvalue weighted by atomic mass is 10.2. The maximum atomic E-state index is 13.0. The first-order valence-corrected chi connectivity index (χ1v) is 8.53. The summed E-state index contributed by atoms with van der Waals surface area (Å²) in [6, 6.07) is 13.9. The summed E-state index contributed by atoms with van der Waals surface area (Å²) in [6.45, 7) is 1.99. The molecular formula is C19H14FN3OS. The first kappa shape index (κ1) is 15.5. The van der Waals surface area contributed by atoms with Crippen LogP contribution in [0.2, 0.25) is 0 Å². The number of hydrogen-bond donors (Lipinski definition) is 1. The standard InChI is InChI=1S/C19H14FN3OS/c1-12-2-8-15(9-3-12)21-18(24)16-10-23-11-17(25-19(23)22-16)13-4-6-14(20)7-5-13/h2-11H,1H3,(H,21,24). The summed E-state index contributed by atoms with van der Waals surface area (Å²) >= 11 is 1.45. The lowest BCUT2D eigenvalue weighted by Crippen LogP contribution is -2.12. The van der Waals surface area contributed by atoms with Crippen LogP contribution in [0.1, 0.15) is 16.1 Å². The van der Waals surface area contributed by atoms with E-state index in [4.69, 9.17) is 0 Å². The van der Waals surface area contributed by atoms with Gasteiger partial charge in [-0.3, -0.25) is 9.20 Å². The minimum Gasteiger partial charge on any atom is -0.321 e. The first-order valence-electron chi connectivity index (χ1n) is 7.71. The molecule has 124 valence electrons.